The summed E-state index contributed by atoms with van der Waals surface area (Å²) in [5, 5.41) is 5.37. The van der Waals surface area contributed by atoms with Gasteiger partial charge in [-0.2, -0.15) is 13.2 Å². The summed E-state index contributed by atoms with van der Waals surface area (Å²) in [6, 6.07) is 1.58. The fourth-order valence-electron chi connectivity index (χ4n) is 7.33. The van der Waals surface area contributed by atoms with Crippen LogP contribution < -0.4 is 24.8 Å². The SMILES string of the molecule is COc1ccc2nc(C(F)(F)F)c(O[C@@H]3C[C@H]4C(=O)N[C@]5(C(=O)NS(=O)(=O)C6(C)CC6)C[C@H]5/C=C\CCCCC[C@H](NC(=O)OC5CCC5)C(=O)N4C3)nc2c1. The number of ether oxygens (including phenoxy) is 3. The Morgan fingerprint density at radius 1 is 1.02 bits per heavy atom. The highest BCUT2D eigenvalue weighted by molar-refractivity contribution is 7.91. The number of sulfonamides is 1. The normalized spacial score (nSPS) is 28.6. The summed E-state index contributed by atoms with van der Waals surface area (Å²) in [7, 11) is -2.70. The fourth-order valence-corrected chi connectivity index (χ4v) is 8.64. The van der Waals surface area contributed by atoms with E-state index in [0.717, 1.165) is 11.3 Å². The molecule has 4 amide bonds. The number of carbonyl (C=O) groups is 4. The van der Waals surface area contributed by atoms with Gasteiger partial charge in [0.2, 0.25) is 33.4 Å². The molecule has 4 fully saturated rings. The number of carbonyl (C=O) groups excluding carboxylic acids is 4. The van der Waals surface area contributed by atoms with Gasteiger partial charge in [-0.1, -0.05) is 25.0 Å². The zero-order valence-electron chi connectivity index (χ0n) is 31.0. The Labute approximate surface area is 321 Å². The Bertz CT molecular complexity index is 2040. The van der Waals surface area contributed by atoms with Crippen molar-refractivity contribution in [3.8, 4) is 11.6 Å². The number of amides is 4. The molecule has 15 nitrogen and oxygen atoms in total. The van der Waals surface area contributed by atoms with Crippen molar-refractivity contribution in [1.29, 1.82) is 0 Å². The van der Waals surface area contributed by atoms with Crippen LogP contribution in [0, 0.1) is 5.92 Å². The van der Waals surface area contributed by atoms with Crippen LogP contribution in [0.25, 0.3) is 11.0 Å². The zero-order valence-corrected chi connectivity index (χ0v) is 31.8. The predicted molar refractivity (Wildman–Crippen MR) is 193 cm³/mol. The third-order valence-electron chi connectivity index (χ3n) is 11.5. The van der Waals surface area contributed by atoms with Crippen LogP contribution in [0.4, 0.5) is 18.0 Å². The van der Waals surface area contributed by atoms with Gasteiger partial charge in [-0.05, 0) is 76.8 Å². The molecule has 304 valence electrons. The van der Waals surface area contributed by atoms with Crippen LogP contribution in [0.15, 0.2) is 30.4 Å². The second-order valence-corrected chi connectivity index (χ2v) is 17.8. The van der Waals surface area contributed by atoms with E-state index < -0.39 is 92.5 Å². The number of hydrogen-bond acceptors (Lipinski definition) is 11. The standard InChI is InChI=1S/C37H45F3N6O9S/c1-35(15-16-35)56(51,52)45-33(49)36-19-21(36)9-6-4-3-5-7-12-26(43-34(50)55-22-10-8-11-22)32(48)46-20-24(18-28(46)30(47)44-36)54-31-29(37(38,39)40)41-25-14-13-23(53-2)17-27(25)42-31/h6,9,13-14,17,21-22,24,26,28H,3-5,7-8,10-12,15-16,18-20H2,1-2H3,(H,43,50)(H,44,47)(H,45,49)/b9-6-/t21-,24-,26+,28+,36-/m1/s1. The van der Waals surface area contributed by atoms with Gasteiger partial charge >= 0.3 is 12.3 Å². The van der Waals surface area contributed by atoms with E-state index >= 15 is 0 Å². The first-order chi connectivity index (χ1) is 26.5. The molecule has 0 radical (unpaired) electrons. The molecule has 1 aromatic carbocycles. The second kappa shape index (κ2) is 15.0. The molecule has 0 bridgehead atoms. The van der Waals surface area contributed by atoms with Crippen molar-refractivity contribution in [3.05, 3.63) is 36.0 Å². The third-order valence-corrected chi connectivity index (χ3v) is 13.6. The first-order valence-electron chi connectivity index (χ1n) is 18.9. The average Bonchev–Trinajstić information content (AvgIpc) is 4.01. The summed E-state index contributed by atoms with van der Waals surface area (Å²) in [4.78, 5) is 64.5. The fraction of sp³-hybridized carbons (Fsp3) is 0.622. The van der Waals surface area contributed by atoms with Crippen molar-refractivity contribution in [2.75, 3.05) is 13.7 Å². The molecule has 5 atom stereocenters. The van der Waals surface area contributed by atoms with Crippen molar-refractivity contribution >= 4 is 44.9 Å². The molecule has 3 saturated carbocycles. The maximum Gasteiger partial charge on any atom is 0.438 e. The Hall–Kier alpha value is -4.68. The Kier molecular flexibility index (Phi) is 10.6. The topological polar surface area (TPSA) is 195 Å². The number of hydrogen-bond donors (Lipinski definition) is 3. The lowest BCUT2D eigenvalue weighted by atomic mass is 9.96. The lowest BCUT2D eigenvalue weighted by Crippen LogP contribution is -2.58. The minimum atomic E-state index is -4.99. The number of methoxy groups -OCH3 is 1. The molecule has 0 spiro atoms. The van der Waals surface area contributed by atoms with Gasteiger partial charge in [-0.15, -0.1) is 0 Å². The second-order valence-electron chi connectivity index (χ2n) is 15.6. The van der Waals surface area contributed by atoms with E-state index in [1.165, 1.54) is 32.2 Å². The Morgan fingerprint density at radius 3 is 2.46 bits per heavy atom. The summed E-state index contributed by atoms with van der Waals surface area (Å²) < 4.78 is 86.9. The molecule has 5 aliphatic rings. The summed E-state index contributed by atoms with van der Waals surface area (Å²) >= 11 is 0. The van der Waals surface area contributed by atoms with E-state index in [4.69, 9.17) is 14.2 Å². The molecule has 1 aromatic heterocycles. The van der Waals surface area contributed by atoms with Gasteiger partial charge in [-0.3, -0.25) is 19.1 Å². The maximum absolute atomic E-state index is 14.4. The number of halogens is 3. The Morgan fingerprint density at radius 2 is 1.79 bits per heavy atom. The van der Waals surface area contributed by atoms with Gasteiger partial charge in [0.1, 0.15) is 35.6 Å². The predicted octanol–water partition coefficient (Wildman–Crippen LogP) is 4.05. The van der Waals surface area contributed by atoms with E-state index in [1.807, 2.05) is 6.08 Å². The van der Waals surface area contributed by atoms with Gasteiger partial charge in [-0.25, -0.2) is 23.2 Å². The highest BCUT2D eigenvalue weighted by Crippen LogP contribution is 2.47. The largest absolute Gasteiger partial charge is 0.497 e. The number of allylic oxidation sites excluding steroid dienone is 1. The smallest absolute Gasteiger partial charge is 0.438 e. The van der Waals surface area contributed by atoms with Crippen LogP contribution in [0.5, 0.6) is 11.6 Å². The molecule has 19 heteroatoms. The van der Waals surface area contributed by atoms with Gasteiger partial charge in [0.25, 0.3) is 5.91 Å². The van der Waals surface area contributed by atoms with Gasteiger partial charge in [0.05, 0.1) is 29.4 Å². The van der Waals surface area contributed by atoms with Crippen LogP contribution in [0.2, 0.25) is 0 Å². The molecule has 1 saturated heterocycles. The number of alkyl halides is 3. The molecular weight excluding hydrogens is 762 g/mol. The maximum atomic E-state index is 14.4. The van der Waals surface area contributed by atoms with Crippen LogP contribution >= 0.6 is 0 Å². The molecule has 3 aliphatic carbocycles. The van der Waals surface area contributed by atoms with Crippen molar-refractivity contribution in [3.63, 3.8) is 0 Å². The molecule has 7 rings (SSSR count). The summed E-state index contributed by atoms with van der Waals surface area (Å²) in [5.41, 5.74) is -3.12. The Balaban J connectivity index is 1.21. The average molecular weight is 807 g/mol. The number of nitrogens with one attached hydrogen (secondary N) is 3. The minimum absolute atomic E-state index is 0.0408. The van der Waals surface area contributed by atoms with E-state index in [1.54, 1.807) is 6.08 Å². The quantitative estimate of drug-likeness (QED) is 0.326. The number of fused-ring (bicyclic) bond motifs is 3. The molecule has 2 aromatic rings. The summed E-state index contributed by atoms with van der Waals surface area (Å²) in [6.07, 6.45) is 1.76. The van der Waals surface area contributed by atoms with Crippen molar-refractivity contribution < 1.29 is 55.0 Å². The monoisotopic (exact) mass is 806 g/mol. The number of rotatable bonds is 8. The van der Waals surface area contributed by atoms with Crippen LogP contribution in [-0.4, -0.2) is 95.3 Å². The number of nitrogens with zero attached hydrogens (tertiary/aromatic N) is 3. The number of benzene rings is 1. The lowest BCUT2D eigenvalue weighted by molar-refractivity contribution is -0.143. The third kappa shape index (κ3) is 8.09. The van der Waals surface area contributed by atoms with Crippen molar-refractivity contribution in [2.24, 2.45) is 5.92 Å². The summed E-state index contributed by atoms with van der Waals surface area (Å²) in [5.74, 6) is -3.59. The molecule has 3 heterocycles. The van der Waals surface area contributed by atoms with E-state index in [2.05, 4.69) is 25.3 Å². The van der Waals surface area contributed by atoms with E-state index in [-0.39, 0.29) is 36.4 Å². The minimum Gasteiger partial charge on any atom is -0.497 e. The van der Waals surface area contributed by atoms with Crippen molar-refractivity contribution in [1.82, 2.24) is 30.2 Å². The molecule has 0 unspecified atom stereocenters. The van der Waals surface area contributed by atoms with Gasteiger partial charge in [0, 0.05) is 18.4 Å². The highest BCUT2D eigenvalue weighted by Gasteiger charge is 2.63. The van der Waals surface area contributed by atoms with Crippen LogP contribution in [-0.2, 0) is 35.3 Å². The van der Waals surface area contributed by atoms with Gasteiger partial charge in [0.15, 0.2) is 0 Å². The lowest BCUT2D eigenvalue weighted by Gasteiger charge is -2.31. The number of alkyl carbamates (subject to hydrolysis) is 1. The van der Waals surface area contributed by atoms with Crippen LogP contribution in [0.3, 0.4) is 0 Å². The first-order valence-corrected chi connectivity index (χ1v) is 20.4. The van der Waals surface area contributed by atoms with Crippen molar-refractivity contribution in [2.45, 2.75) is 125 Å². The molecule has 2 aliphatic heterocycles. The highest BCUT2D eigenvalue weighted by atomic mass is 32.2. The van der Waals surface area contributed by atoms with Gasteiger partial charge < -0.3 is 29.7 Å². The molecule has 3 N–H and O–H groups in total. The molecular formula is C37H45F3N6O9S. The summed E-state index contributed by atoms with van der Waals surface area (Å²) in [6.45, 7) is 1.13. The van der Waals surface area contributed by atoms with E-state index in [9.17, 15) is 40.8 Å². The van der Waals surface area contributed by atoms with E-state index in [0.29, 0.717) is 57.1 Å². The number of aromatic nitrogens is 2. The first kappa shape index (κ1) is 39.6. The zero-order chi connectivity index (χ0) is 40.0. The van der Waals surface area contributed by atoms with Crippen LogP contribution in [0.1, 0.15) is 89.7 Å². The molecule has 56 heavy (non-hydrogen) atoms.